The number of rotatable bonds is 7. The molecule has 7 nitrogen and oxygen atoms in total. The molecule has 1 unspecified atom stereocenters. The Bertz CT molecular complexity index is 1150. The lowest BCUT2D eigenvalue weighted by Gasteiger charge is -2.26. The maximum absolute atomic E-state index is 12.8. The van der Waals surface area contributed by atoms with Crippen molar-refractivity contribution in [3.05, 3.63) is 82.8 Å². The number of nitrogens with one attached hydrogen (secondary N) is 2. The lowest BCUT2D eigenvalue weighted by Crippen LogP contribution is -2.26. The van der Waals surface area contributed by atoms with E-state index in [1.165, 1.54) is 11.3 Å². The number of benzene rings is 1. The van der Waals surface area contributed by atoms with Crippen molar-refractivity contribution >= 4 is 34.6 Å². The first-order valence-electron chi connectivity index (χ1n) is 10.3. The highest BCUT2D eigenvalue weighted by molar-refractivity contribution is 7.11. The Morgan fingerprint density at radius 3 is 2.94 bits per heavy atom. The molecule has 2 N–H and O–H groups in total. The predicted octanol–water partition coefficient (Wildman–Crippen LogP) is 4.81. The molecule has 0 radical (unpaired) electrons. The minimum atomic E-state index is -0.392. The number of fused-ring (bicyclic) bond motifs is 1. The van der Waals surface area contributed by atoms with Crippen LogP contribution in [0.3, 0.4) is 0 Å². The normalized spacial score (nSPS) is 17.6. The number of thiazole rings is 1. The van der Waals surface area contributed by atoms with E-state index in [2.05, 4.69) is 15.6 Å². The molecule has 1 amide bonds. The average molecular weight is 450 g/mol. The molecule has 0 saturated heterocycles. The van der Waals surface area contributed by atoms with Gasteiger partial charge in [0.1, 0.15) is 11.5 Å². The molecule has 1 aliphatic heterocycles. The standard InChI is InChI=1S/C24H23N3O4S/c1-3-22(28)27-17-7-4-6-16(12-17)26-14-20-15(2)19-9-5-8-18(13-21(19)31-23(20)29)30-24-25-10-11-32-24/h4-13,19,26H,3,14H2,1-2H3,(H,27,28). The van der Waals surface area contributed by atoms with E-state index in [4.69, 9.17) is 9.47 Å². The van der Waals surface area contributed by atoms with Crippen LogP contribution in [0.15, 0.2) is 82.8 Å². The molecule has 1 aliphatic carbocycles. The molecular weight excluding hydrogens is 426 g/mol. The molecule has 1 aromatic heterocycles. The largest absolute Gasteiger partial charge is 0.431 e. The average Bonchev–Trinajstić information content (AvgIpc) is 3.20. The molecule has 0 saturated carbocycles. The summed E-state index contributed by atoms with van der Waals surface area (Å²) in [4.78, 5) is 28.5. The fraction of sp³-hybridized carbons (Fsp3) is 0.208. The number of esters is 1. The highest BCUT2D eigenvalue weighted by Crippen LogP contribution is 2.34. The SMILES string of the molecule is CCC(=O)Nc1cccc(NCC2=C(C)C3C=CC=C(Oc4nccs4)C=C3OC2=O)c1. The Labute approximate surface area is 190 Å². The third kappa shape index (κ3) is 4.97. The van der Waals surface area contributed by atoms with E-state index in [0.717, 1.165) is 11.3 Å². The molecule has 2 aliphatic rings. The number of carbonyl (C=O) groups is 2. The Hall–Kier alpha value is -3.65. The van der Waals surface area contributed by atoms with Crippen LogP contribution in [0.25, 0.3) is 0 Å². The number of ether oxygens (including phenoxy) is 2. The smallest absolute Gasteiger partial charge is 0.340 e. The van der Waals surface area contributed by atoms with Gasteiger partial charge in [0.05, 0.1) is 11.5 Å². The van der Waals surface area contributed by atoms with Gasteiger partial charge < -0.3 is 20.1 Å². The Kier molecular flexibility index (Phi) is 6.51. The van der Waals surface area contributed by atoms with Gasteiger partial charge in [0.2, 0.25) is 5.91 Å². The third-order valence-electron chi connectivity index (χ3n) is 5.11. The van der Waals surface area contributed by atoms with Crippen LogP contribution in [-0.2, 0) is 14.3 Å². The number of amides is 1. The predicted molar refractivity (Wildman–Crippen MR) is 124 cm³/mol. The summed E-state index contributed by atoms with van der Waals surface area (Å²) < 4.78 is 11.4. The minimum Gasteiger partial charge on any atom is -0.431 e. The Morgan fingerprint density at radius 2 is 2.16 bits per heavy atom. The zero-order valence-electron chi connectivity index (χ0n) is 17.8. The summed E-state index contributed by atoms with van der Waals surface area (Å²) in [6, 6.07) is 7.39. The maximum Gasteiger partial charge on any atom is 0.340 e. The first-order valence-corrected chi connectivity index (χ1v) is 11.1. The topological polar surface area (TPSA) is 89.6 Å². The van der Waals surface area contributed by atoms with Crippen LogP contribution < -0.4 is 15.4 Å². The molecular formula is C24H23N3O4S. The van der Waals surface area contributed by atoms with E-state index >= 15 is 0 Å². The summed E-state index contributed by atoms with van der Waals surface area (Å²) >= 11 is 1.39. The van der Waals surface area contributed by atoms with E-state index in [9.17, 15) is 9.59 Å². The van der Waals surface area contributed by atoms with Crippen molar-refractivity contribution in [2.24, 2.45) is 5.92 Å². The summed E-state index contributed by atoms with van der Waals surface area (Å²) in [5, 5.41) is 8.45. The van der Waals surface area contributed by atoms with Crippen LogP contribution in [-0.4, -0.2) is 23.4 Å². The molecule has 1 atom stereocenters. The Balaban J connectivity index is 1.48. The summed E-state index contributed by atoms with van der Waals surface area (Å²) in [5.74, 6) is 0.479. The van der Waals surface area contributed by atoms with Gasteiger partial charge in [0.15, 0.2) is 0 Å². The maximum atomic E-state index is 12.8. The summed E-state index contributed by atoms with van der Waals surface area (Å²) in [5.41, 5.74) is 2.99. The zero-order valence-corrected chi connectivity index (χ0v) is 18.6. The molecule has 1 aromatic carbocycles. The third-order valence-corrected chi connectivity index (χ3v) is 5.75. The van der Waals surface area contributed by atoms with Gasteiger partial charge in [-0.25, -0.2) is 9.78 Å². The molecule has 8 heteroatoms. The second-order valence-corrected chi connectivity index (χ2v) is 8.12. The highest BCUT2D eigenvalue weighted by atomic mass is 32.1. The van der Waals surface area contributed by atoms with Crippen LogP contribution >= 0.6 is 11.3 Å². The van der Waals surface area contributed by atoms with Gasteiger partial charge >= 0.3 is 5.97 Å². The number of allylic oxidation sites excluding steroid dienone is 4. The zero-order chi connectivity index (χ0) is 22.5. The van der Waals surface area contributed by atoms with Crippen molar-refractivity contribution in [3.8, 4) is 5.19 Å². The van der Waals surface area contributed by atoms with E-state index in [-0.39, 0.29) is 11.8 Å². The number of nitrogens with zero attached hydrogens (tertiary/aromatic N) is 1. The fourth-order valence-electron chi connectivity index (χ4n) is 3.39. The van der Waals surface area contributed by atoms with Gasteiger partial charge in [-0.15, -0.1) is 0 Å². The first kappa shape index (κ1) is 21.6. The van der Waals surface area contributed by atoms with Crippen molar-refractivity contribution in [1.82, 2.24) is 4.98 Å². The molecule has 164 valence electrons. The molecule has 4 rings (SSSR count). The second-order valence-electron chi connectivity index (χ2n) is 7.27. The first-order chi connectivity index (χ1) is 15.5. The number of hydrogen-bond donors (Lipinski definition) is 2. The molecule has 0 spiro atoms. The molecule has 0 fully saturated rings. The quantitative estimate of drug-likeness (QED) is 0.590. The lowest BCUT2D eigenvalue weighted by molar-refractivity contribution is -0.136. The van der Waals surface area contributed by atoms with Gasteiger partial charge in [-0.3, -0.25) is 4.79 Å². The highest BCUT2D eigenvalue weighted by Gasteiger charge is 2.31. The molecule has 2 aromatic rings. The number of carbonyl (C=O) groups excluding carboxylic acids is 2. The van der Waals surface area contributed by atoms with Crippen LogP contribution in [0.5, 0.6) is 5.19 Å². The van der Waals surface area contributed by atoms with Crippen molar-refractivity contribution in [3.63, 3.8) is 0 Å². The van der Waals surface area contributed by atoms with E-state index < -0.39 is 5.97 Å². The van der Waals surface area contributed by atoms with Crippen molar-refractivity contribution in [1.29, 1.82) is 0 Å². The van der Waals surface area contributed by atoms with Gasteiger partial charge in [-0.05, 0) is 36.8 Å². The van der Waals surface area contributed by atoms with E-state index in [1.807, 2.05) is 54.8 Å². The number of aromatic nitrogens is 1. The lowest BCUT2D eigenvalue weighted by atomic mass is 9.90. The van der Waals surface area contributed by atoms with Crippen LogP contribution in [0, 0.1) is 5.92 Å². The van der Waals surface area contributed by atoms with Crippen LogP contribution in [0.2, 0.25) is 0 Å². The van der Waals surface area contributed by atoms with Gasteiger partial charge in [-0.2, -0.15) is 0 Å². The van der Waals surface area contributed by atoms with Gasteiger partial charge in [0, 0.05) is 42.0 Å². The monoisotopic (exact) mass is 449 g/mol. The van der Waals surface area contributed by atoms with Crippen molar-refractivity contribution in [2.45, 2.75) is 20.3 Å². The van der Waals surface area contributed by atoms with Crippen molar-refractivity contribution < 1.29 is 19.1 Å². The van der Waals surface area contributed by atoms with E-state index in [1.54, 1.807) is 19.2 Å². The van der Waals surface area contributed by atoms with Gasteiger partial charge in [0.25, 0.3) is 5.19 Å². The van der Waals surface area contributed by atoms with Crippen molar-refractivity contribution in [2.75, 3.05) is 17.2 Å². The minimum absolute atomic E-state index is 0.0529. The molecule has 2 heterocycles. The molecule has 32 heavy (non-hydrogen) atoms. The summed E-state index contributed by atoms with van der Waals surface area (Å²) in [6.07, 6.45) is 9.51. The van der Waals surface area contributed by atoms with Crippen LogP contribution in [0.1, 0.15) is 20.3 Å². The van der Waals surface area contributed by atoms with E-state index in [0.29, 0.717) is 40.9 Å². The molecule has 0 bridgehead atoms. The summed E-state index contributed by atoms with van der Waals surface area (Å²) in [6.45, 7) is 4.05. The van der Waals surface area contributed by atoms with Crippen LogP contribution in [0.4, 0.5) is 11.4 Å². The number of anilines is 2. The number of hydrogen-bond acceptors (Lipinski definition) is 7. The second kappa shape index (κ2) is 9.65. The Morgan fingerprint density at radius 1 is 1.31 bits per heavy atom. The fourth-order valence-corrected chi connectivity index (χ4v) is 3.89. The summed E-state index contributed by atoms with van der Waals surface area (Å²) in [7, 11) is 0. The van der Waals surface area contributed by atoms with Gasteiger partial charge in [-0.1, -0.05) is 36.5 Å².